The molecule has 0 spiro atoms. The van der Waals surface area contributed by atoms with E-state index in [1.54, 1.807) is 12.1 Å². The Morgan fingerprint density at radius 3 is 1.17 bits per heavy atom. The Labute approximate surface area is 777 Å². The molecule has 16 unspecified atom stereocenters. The standard InChI is InChI=1S/C81H122N6O50/c1-25(96)82-45-54(107)64(39(19-92)123-71(45)87-44(101)15-34(72(117)118)86-81(120)122-23-33-31-11-7-5-9-29(31)30-10-6-8-12-32(30)33)131-74-46(83-26(2)97)55(108)67(42(22-95)127-74)134-79-63(116)68(135-80-70(60(113)52(105)38(18-91)126-80)137-76-48(85-28(4)99)57(110)66(41(21-94)129-76)133-78-62(115)59(112)51(104)37(17-90)125-78)53(106)43(130-79)24-121-73(119)69(49(102)35(100)13-14-88)136-75-47(84-27(3)98)56(109)65(40(20-93)128-75)132-77-61(114)58(111)50(103)36(16-89)124-77/h5-12,33-43,45-71,73-80,88-95,100,102-116,119H,13-24H2,1-4H3,(H,82,96)(H,83,97)(H,84,98)(H,85,99)(H,86,120)(H,87,101)(H,117,118)/t34-,35+,36?,37?,38+,39?,40-,41?,42?,43?,45-,46-,47?,48-,49?,50-,51-,52+,53+,54?,55?,56?,57?,58-,59?,60?,61-,62-,63+,64+,65+,66+,67+,68?,69+,70?,71+,73+,74-,75-,76-,77-,78-,79-,80+/m0/s1. The number of carboxylic acids is 1. The zero-order chi connectivity index (χ0) is 100. The summed E-state index contributed by atoms with van der Waals surface area (Å²) in [5.74, 6) is -7.36. The van der Waals surface area contributed by atoms with Crippen LogP contribution in [0, 0.1) is 0 Å². The van der Waals surface area contributed by atoms with Crippen molar-refractivity contribution in [2.45, 2.75) is 322 Å². The second kappa shape index (κ2) is 49.3. The van der Waals surface area contributed by atoms with Crippen molar-refractivity contribution in [3.05, 3.63) is 59.7 Å². The maximum atomic E-state index is 13.9. The Kier molecular flexibility index (Phi) is 39.6. The largest absolute Gasteiger partial charge is 0.480 e. The quantitative estimate of drug-likeness (QED) is 0.0276. The molecule has 776 valence electrons. The molecule has 0 aromatic heterocycles. The monoisotopic (exact) mass is 1980 g/mol. The second-order valence-corrected chi connectivity index (χ2v) is 34.1. The van der Waals surface area contributed by atoms with E-state index in [9.17, 15) is 166 Å². The minimum absolute atomic E-state index is 0.265. The van der Waals surface area contributed by atoms with E-state index in [2.05, 4.69) is 31.9 Å². The van der Waals surface area contributed by atoms with Gasteiger partial charge in [-0.25, -0.2) is 9.59 Å². The van der Waals surface area contributed by atoms with Gasteiger partial charge in [0, 0.05) is 40.2 Å². The Morgan fingerprint density at radius 1 is 0.365 bits per heavy atom. The molecule has 9 aliphatic rings. The highest BCUT2D eigenvalue weighted by Crippen LogP contribution is 2.46. The first kappa shape index (κ1) is 110. The van der Waals surface area contributed by atoms with Gasteiger partial charge in [-0.2, -0.15) is 0 Å². The third-order valence-corrected chi connectivity index (χ3v) is 24.6. The van der Waals surface area contributed by atoms with Gasteiger partial charge >= 0.3 is 12.1 Å². The molecule has 2 aromatic carbocycles. The molecular formula is C81H122N6O50. The molecule has 45 atom stereocenters. The number of rotatable bonds is 40. The lowest BCUT2D eigenvalue weighted by Gasteiger charge is -2.51. The average molecular weight is 1980 g/mol. The maximum Gasteiger partial charge on any atom is 0.407 e. The summed E-state index contributed by atoms with van der Waals surface area (Å²) >= 11 is 0. The van der Waals surface area contributed by atoms with Gasteiger partial charge in [-0.1, -0.05) is 48.5 Å². The van der Waals surface area contributed by atoms with Gasteiger partial charge < -0.3 is 245 Å². The van der Waals surface area contributed by atoms with Crippen molar-refractivity contribution in [1.82, 2.24) is 31.9 Å². The van der Waals surface area contributed by atoms with Gasteiger partial charge in [0.15, 0.2) is 56.5 Å². The maximum absolute atomic E-state index is 13.9. The van der Waals surface area contributed by atoms with Crippen LogP contribution in [0.15, 0.2) is 48.5 Å². The van der Waals surface area contributed by atoms with Crippen molar-refractivity contribution in [2.75, 3.05) is 66.1 Å². The number of amides is 6. The molecule has 137 heavy (non-hydrogen) atoms. The molecule has 32 N–H and O–H groups in total. The number of benzene rings is 2. The van der Waals surface area contributed by atoms with Crippen LogP contribution in [0.3, 0.4) is 0 Å². The number of hydrogen-bond acceptors (Lipinski definition) is 49. The molecule has 11 rings (SSSR count). The van der Waals surface area contributed by atoms with Crippen LogP contribution in [0.25, 0.3) is 11.1 Å². The topological polar surface area (TPSA) is 875 Å². The van der Waals surface area contributed by atoms with Gasteiger partial charge in [0.2, 0.25) is 29.5 Å². The number of nitrogens with one attached hydrogen (secondary N) is 6. The van der Waals surface area contributed by atoms with Gasteiger partial charge in [-0.15, -0.1) is 0 Å². The van der Waals surface area contributed by atoms with E-state index in [1.165, 1.54) is 0 Å². The molecule has 6 amide bonds. The number of hydrogen-bond donors (Lipinski definition) is 32. The first-order valence-corrected chi connectivity index (χ1v) is 43.7. The molecule has 2 aromatic rings. The number of ether oxygens (including phenoxy) is 17. The molecule has 0 saturated carbocycles. The van der Waals surface area contributed by atoms with E-state index < -0.39 is 396 Å². The van der Waals surface area contributed by atoms with Crippen LogP contribution in [0.1, 0.15) is 57.6 Å². The number of carbonyl (C=O) groups excluding carboxylic acids is 6. The highest BCUT2D eigenvalue weighted by atomic mass is 16.8. The molecule has 8 saturated heterocycles. The Hall–Kier alpha value is -7.11. The predicted octanol–water partition coefficient (Wildman–Crippen LogP) is -17.6. The highest BCUT2D eigenvalue weighted by Gasteiger charge is 2.61. The summed E-state index contributed by atoms with van der Waals surface area (Å²) in [7, 11) is 0. The fourth-order valence-electron chi connectivity index (χ4n) is 17.6. The summed E-state index contributed by atoms with van der Waals surface area (Å²) in [6.45, 7) is -6.96. The number of aliphatic carboxylic acids is 1. The fraction of sp³-hybridized carbons (Fsp3) is 0.765. The van der Waals surface area contributed by atoms with Crippen molar-refractivity contribution in [2.24, 2.45) is 0 Å². The number of fused-ring (bicyclic) bond motifs is 3. The van der Waals surface area contributed by atoms with Crippen molar-refractivity contribution in [3.8, 4) is 11.1 Å². The number of alkyl carbamates (subject to hydrolysis) is 1. The third-order valence-electron chi connectivity index (χ3n) is 24.6. The van der Waals surface area contributed by atoms with E-state index in [4.69, 9.17) is 80.5 Å². The Bertz CT molecular complexity index is 4190. The summed E-state index contributed by atoms with van der Waals surface area (Å²) in [5, 5.41) is 305. The molecule has 8 heterocycles. The lowest BCUT2D eigenvalue weighted by atomic mass is 9.93. The first-order chi connectivity index (χ1) is 65.1. The number of carbonyl (C=O) groups is 7. The molecule has 8 aliphatic heterocycles. The molecule has 56 heteroatoms. The van der Waals surface area contributed by atoms with E-state index in [-0.39, 0.29) is 6.61 Å². The summed E-state index contributed by atoms with van der Waals surface area (Å²) in [6.07, 6.45) is -90.7. The number of aliphatic hydroxyl groups is 25. The van der Waals surface area contributed by atoms with E-state index >= 15 is 0 Å². The molecule has 56 nitrogen and oxygen atoms in total. The predicted molar refractivity (Wildman–Crippen MR) is 436 cm³/mol. The zero-order valence-corrected chi connectivity index (χ0v) is 73.6. The van der Waals surface area contributed by atoms with Gasteiger partial charge in [-0.3, -0.25) is 24.0 Å². The van der Waals surface area contributed by atoms with Crippen molar-refractivity contribution >= 4 is 41.6 Å². The molecule has 1 aliphatic carbocycles. The molecular weight excluding hydrogens is 1860 g/mol. The summed E-state index contributed by atoms with van der Waals surface area (Å²) in [4.78, 5) is 92.1. The van der Waals surface area contributed by atoms with E-state index in [0.717, 1.165) is 49.9 Å². The van der Waals surface area contributed by atoms with E-state index in [1.807, 2.05) is 36.4 Å². The summed E-state index contributed by atoms with van der Waals surface area (Å²) < 4.78 is 101. The lowest BCUT2D eigenvalue weighted by Crippen LogP contribution is -2.71. The van der Waals surface area contributed by atoms with Gasteiger partial charge in [0.05, 0.1) is 65.4 Å². The number of aliphatic hydroxyl groups excluding tert-OH is 25. The van der Waals surface area contributed by atoms with Crippen LogP contribution in [0.4, 0.5) is 4.79 Å². The van der Waals surface area contributed by atoms with Crippen LogP contribution in [0.2, 0.25) is 0 Å². The third kappa shape index (κ3) is 25.4. The minimum Gasteiger partial charge on any atom is -0.480 e. The van der Waals surface area contributed by atoms with Gasteiger partial charge in [-0.05, 0) is 28.7 Å². The average Bonchev–Trinajstić information content (AvgIpc) is 1.74. The normalized spacial score (nSPS) is 40.1. The van der Waals surface area contributed by atoms with Crippen LogP contribution in [0.5, 0.6) is 0 Å². The summed E-state index contributed by atoms with van der Waals surface area (Å²) in [6, 6.07) is 4.69. The zero-order valence-electron chi connectivity index (χ0n) is 73.6. The van der Waals surface area contributed by atoms with Crippen molar-refractivity contribution in [1.29, 1.82) is 0 Å². The fourth-order valence-corrected chi connectivity index (χ4v) is 17.6. The van der Waals surface area contributed by atoms with Gasteiger partial charge in [0.1, 0.15) is 220 Å². The van der Waals surface area contributed by atoms with Crippen molar-refractivity contribution < 1.29 is 247 Å². The van der Waals surface area contributed by atoms with E-state index in [0.29, 0.717) is 0 Å². The highest BCUT2D eigenvalue weighted by molar-refractivity contribution is 5.87. The summed E-state index contributed by atoms with van der Waals surface area (Å²) in [5.41, 5.74) is 3.40. The molecule has 8 fully saturated rings. The van der Waals surface area contributed by atoms with Crippen LogP contribution in [-0.4, -0.2) is 516 Å². The lowest BCUT2D eigenvalue weighted by molar-refractivity contribution is -0.396. The first-order valence-electron chi connectivity index (χ1n) is 43.7. The number of carboxylic acid groups (broad SMARTS) is 1. The van der Waals surface area contributed by atoms with Crippen LogP contribution < -0.4 is 31.9 Å². The van der Waals surface area contributed by atoms with Crippen molar-refractivity contribution in [3.63, 3.8) is 0 Å². The Balaban J connectivity index is 0.873. The van der Waals surface area contributed by atoms with Gasteiger partial charge in [0.25, 0.3) is 0 Å². The second-order valence-electron chi connectivity index (χ2n) is 34.1. The molecule has 0 bridgehead atoms. The van der Waals surface area contributed by atoms with Crippen LogP contribution >= 0.6 is 0 Å². The molecule has 0 radical (unpaired) electrons. The SMILES string of the molecule is CC(=O)NC1C(O)[C@H](O[C@@H]2OC(CO)[C@H](O)[C@H](O)[C@@H]2O)[C@H](CO)O[C@H]1O[C@H](C(O)[C@H](O)CCO)[C@H](O)OCC1O[C@@H](O[C@@H]2C(CO)O[C@@H](O[C@@H]3C(CO)O[C@@H](NC(=O)C[C@H](NC(=O)OCC4c5ccccc5-c5ccccc54)C(=O)O)[C@@H](NC(C)=O)C3O)[C@@H](NC(C)=O)C2O)[C@H](O)C(O[C@H]2O[C@H](CO)[C@@H](O)C(O)C2O[C@@H]2OC(CO)[C@@H](O[C@@H]3OC(CO)[C@H](O)C(O)[C@@H]3O)C(O)[C@@H]2NC(C)=O)[C@@H]1O. The van der Waals surface area contributed by atoms with Crippen LogP contribution in [-0.2, 0) is 109 Å². The smallest absolute Gasteiger partial charge is 0.407 e. The minimum atomic E-state index is -2.81. The Morgan fingerprint density at radius 2 is 0.730 bits per heavy atom.